The van der Waals surface area contributed by atoms with E-state index in [0.717, 1.165) is 17.2 Å². The second-order valence-corrected chi connectivity index (χ2v) is 7.01. The van der Waals surface area contributed by atoms with Crippen molar-refractivity contribution in [1.29, 1.82) is 0 Å². The summed E-state index contributed by atoms with van der Waals surface area (Å²) in [5.41, 5.74) is 6.87. The Kier molecular flexibility index (Phi) is 4.45. The molecular weight excluding hydrogens is 374 g/mol. The van der Waals surface area contributed by atoms with E-state index in [1.165, 1.54) is 6.92 Å². The molecule has 4 nitrogen and oxygen atoms in total. The van der Waals surface area contributed by atoms with E-state index in [4.69, 9.17) is 5.73 Å². The number of fused-ring (bicyclic) bond motifs is 2. The van der Waals surface area contributed by atoms with Crippen LogP contribution < -0.4 is 11.1 Å². The number of aliphatic hydroxyl groups excluding tert-OH is 1. The van der Waals surface area contributed by atoms with E-state index in [0.29, 0.717) is 25.1 Å². The highest BCUT2D eigenvalue weighted by molar-refractivity contribution is 6.01. The SMILES string of the molecule is Cc1c(C(F)(F)F)[nH]c2c(C(N)O)cc(F)c(-c3cccc4c3CCNC4)c12. The summed E-state index contributed by atoms with van der Waals surface area (Å²) >= 11 is 0. The Morgan fingerprint density at radius 2 is 2.00 bits per heavy atom. The lowest BCUT2D eigenvalue weighted by Gasteiger charge is -2.22. The predicted molar refractivity (Wildman–Crippen MR) is 98.0 cm³/mol. The lowest BCUT2D eigenvalue weighted by Crippen LogP contribution is -2.24. The summed E-state index contributed by atoms with van der Waals surface area (Å²) in [6, 6.07) is 6.42. The van der Waals surface area contributed by atoms with Crippen LogP contribution in [0.15, 0.2) is 24.3 Å². The number of H-pyrrole nitrogens is 1. The predicted octanol–water partition coefficient (Wildman–Crippen LogP) is 3.90. The van der Waals surface area contributed by atoms with Gasteiger partial charge in [0.25, 0.3) is 0 Å². The third-order valence-electron chi connectivity index (χ3n) is 5.32. The van der Waals surface area contributed by atoms with Gasteiger partial charge in [0.2, 0.25) is 0 Å². The summed E-state index contributed by atoms with van der Waals surface area (Å²) in [7, 11) is 0. The fraction of sp³-hybridized carbons (Fsp3) is 0.300. The number of nitrogens with two attached hydrogens (primary N) is 1. The summed E-state index contributed by atoms with van der Waals surface area (Å²) in [6.07, 6.45) is -5.61. The largest absolute Gasteiger partial charge is 0.431 e. The zero-order valence-corrected chi connectivity index (χ0v) is 15.0. The maximum absolute atomic E-state index is 15.2. The van der Waals surface area contributed by atoms with Crippen molar-refractivity contribution in [2.24, 2.45) is 5.73 Å². The maximum Gasteiger partial charge on any atom is 0.431 e. The van der Waals surface area contributed by atoms with Gasteiger partial charge in [0, 0.05) is 23.1 Å². The van der Waals surface area contributed by atoms with Crippen LogP contribution in [0.4, 0.5) is 17.6 Å². The molecule has 0 amide bonds. The van der Waals surface area contributed by atoms with E-state index in [1.54, 1.807) is 12.1 Å². The monoisotopic (exact) mass is 393 g/mol. The Bertz CT molecular complexity index is 1070. The van der Waals surface area contributed by atoms with Crippen LogP contribution >= 0.6 is 0 Å². The molecule has 4 rings (SSSR count). The molecule has 1 atom stereocenters. The smallest absolute Gasteiger partial charge is 0.374 e. The molecule has 0 saturated heterocycles. The molecule has 1 aliphatic rings. The Morgan fingerprint density at radius 1 is 1.25 bits per heavy atom. The number of aryl methyl sites for hydroxylation is 1. The number of aliphatic hydroxyl groups is 1. The molecule has 1 aromatic heterocycles. The van der Waals surface area contributed by atoms with E-state index < -0.39 is 23.9 Å². The Hall–Kier alpha value is -2.42. The van der Waals surface area contributed by atoms with Crippen LogP contribution in [0.5, 0.6) is 0 Å². The topological polar surface area (TPSA) is 74.1 Å². The van der Waals surface area contributed by atoms with Crippen LogP contribution in [-0.2, 0) is 19.1 Å². The standard InChI is InChI=1S/C20H19F4N3O/c1-9-15-16(12-4-2-3-10-8-26-6-5-11(10)12)14(21)7-13(19(25)28)17(15)27-18(9)20(22,23)24/h2-4,7,19,26-28H,5-6,8,25H2,1H3. The fourth-order valence-corrected chi connectivity index (χ4v) is 4.07. The van der Waals surface area contributed by atoms with Gasteiger partial charge in [-0.1, -0.05) is 18.2 Å². The summed E-state index contributed by atoms with van der Waals surface area (Å²) < 4.78 is 55.7. The summed E-state index contributed by atoms with van der Waals surface area (Å²) in [4.78, 5) is 2.33. The number of alkyl halides is 3. The van der Waals surface area contributed by atoms with Crippen LogP contribution in [-0.4, -0.2) is 16.6 Å². The summed E-state index contributed by atoms with van der Waals surface area (Å²) in [6.45, 7) is 2.62. The first-order valence-corrected chi connectivity index (χ1v) is 8.87. The summed E-state index contributed by atoms with van der Waals surface area (Å²) in [5.74, 6) is -0.713. The number of aromatic nitrogens is 1. The number of aromatic amines is 1. The number of rotatable bonds is 2. The first-order chi connectivity index (χ1) is 13.2. The van der Waals surface area contributed by atoms with Gasteiger partial charge in [0.15, 0.2) is 0 Å². The zero-order chi connectivity index (χ0) is 20.2. The van der Waals surface area contributed by atoms with Gasteiger partial charge < -0.3 is 21.1 Å². The van der Waals surface area contributed by atoms with E-state index in [-0.39, 0.29) is 27.6 Å². The van der Waals surface area contributed by atoms with Crippen molar-refractivity contribution in [3.05, 3.63) is 58.0 Å². The second kappa shape index (κ2) is 6.58. The first-order valence-electron chi connectivity index (χ1n) is 8.87. The molecule has 0 aliphatic carbocycles. The average Bonchev–Trinajstić information content (AvgIpc) is 2.98. The van der Waals surface area contributed by atoms with Crippen molar-refractivity contribution >= 4 is 10.9 Å². The van der Waals surface area contributed by atoms with Gasteiger partial charge >= 0.3 is 6.18 Å². The van der Waals surface area contributed by atoms with Gasteiger partial charge in [0.1, 0.15) is 17.7 Å². The lowest BCUT2D eigenvalue weighted by atomic mass is 9.88. The molecule has 0 fully saturated rings. The molecule has 8 heteroatoms. The molecule has 2 aromatic carbocycles. The molecule has 0 radical (unpaired) electrons. The van der Waals surface area contributed by atoms with Crippen molar-refractivity contribution < 1.29 is 22.7 Å². The Labute approximate surface area is 158 Å². The van der Waals surface area contributed by atoms with Gasteiger partial charge in [-0.05, 0) is 48.2 Å². The highest BCUT2D eigenvalue weighted by Gasteiger charge is 2.37. The Morgan fingerprint density at radius 3 is 2.68 bits per heavy atom. The van der Waals surface area contributed by atoms with Crippen molar-refractivity contribution in [3.8, 4) is 11.1 Å². The molecule has 1 aliphatic heterocycles. The van der Waals surface area contributed by atoms with Crippen LogP contribution in [0.3, 0.4) is 0 Å². The zero-order valence-electron chi connectivity index (χ0n) is 15.0. The van der Waals surface area contributed by atoms with Gasteiger partial charge in [0.05, 0.1) is 5.52 Å². The van der Waals surface area contributed by atoms with Gasteiger partial charge in [-0.15, -0.1) is 0 Å². The second-order valence-electron chi connectivity index (χ2n) is 7.01. The number of nitrogens with one attached hydrogen (secondary N) is 2. The van der Waals surface area contributed by atoms with Crippen LogP contribution in [0, 0.1) is 12.7 Å². The molecular formula is C20H19F4N3O. The number of benzene rings is 2. The van der Waals surface area contributed by atoms with E-state index in [9.17, 15) is 18.3 Å². The van der Waals surface area contributed by atoms with Gasteiger partial charge in [-0.2, -0.15) is 13.2 Å². The van der Waals surface area contributed by atoms with Crippen LogP contribution in [0.25, 0.3) is 22.0 Å². The van der Waals surface area contributed by atoms with Gasteiger partial charge in [-0.3, -0.25) is 0 Å². The third-order valence-corrected chi connectivity index (χ3v) is 5.32. The van der Waals surface area contributed by atoms with Crippen LogP contribution in [0.1, 0.15) is 34.2 Å². The fourth-order valence-electron chi connectivity index (χ4n) is 4.07. The molecule has 2 heterocycles. The molecule has 28 heavy (non-hydrogen) atoms. The lowest BCUT2D eigenvalue weighted by molar-refractivity contribution is -0.141. The average molecular weight is 393 g/mol. The minimum Gasteiger partial charge on any atom is -0.374 e. The summed E-state index contributed by atoms with van der Waals surface area (Å²) in [5, 5.41) is 13.1. The minimum atomic E-state index is -4.65. The molecule has 1 unspecified atom stereocenters. The Balaban J connectivity index is 2.12. The number of hydrogen-bond donors (Lipinski definition) is 4. The van der Waals surface area contributed by atoms with E-state index in [1.807, 2.05) is 6.07 Å². The first kappa shape index (κ1) is 18.9. The molecule has 0 spiro atoms. The molecule has 0 saturated carbocycles. The highest BCUT2D eigenvalue weighted by atomic mass is 19.4. The number of halogens is 4. The van der Waals surface area contributed by atoms with E-state index >= 15 is 4.39 Å². The molecule has 148 valence electrons. The van der Waals surface area contributed by atoms with Crippen molar-refractivity contribution in [3.63, 3.8) is 0 Å². The van der Waals surface area contributed by atoms with Crippen LogP contribution in [0.2, 0.25) is 0 Å². The van der Waals surface area contributed by atoms with Crippen molar-refractivity contribution in [2.45, 2.75) is 32.3 Å². The molecule has 5 N–H and O–H groups in total. The number of hydrogen-bond acceptors (Lipinski definition) is 3. The normalized spacial score (nSPS) is 15.7. The minimum absolute atomic E-state index is 0.00256. The molecule has 0 bridgehead atoms. The molecule has 3 aromatic rings. The quantitative estimate of drug-likeness (QED) is 0.394. The van der Waals surface area contributed by atoms with Crippen molar-refractivity contribution in [2.75, 3.05) is 6.54 Å². The third kappa shape index (κ3) is 2.88. The highest BCUT2D eigenvalue weighted by Crippen LogP contribution is 2.43. The maximum atomic E-state index is 15.2. The van der Waals surface area contributed by atoms with Gasteiger partial charge in [-0.25, -0.2) is 4.39 Å². The van der Waals surface area contributed by atoms with Crippen molar-refractivity contribution in [1.82, 2.24) is 10.3 Å². The van der Waals surface area contributed by atoms with E-state index in [2.05, 4.69) is 10.3 Å².